The van der Waals surface area contributed by atoms with E-state index in [1.165, 1.54) is 25.7 Å². The van der Waals surface area contributed by atoms with E-state index in [1.807, 2.05) is 12.1 Å². The van der Waals surface area contributed by atoms with Crippen LogP contribution in [0.25, 0.3) is 0 Å². The van der Waals surface area contributed by atoms with Crippen LogP contribution in [-0.2, 0) is 0 Å². The Morgan fingerprint density at radius 1 is 1.53 bits per heavy atom. The highest BCUT2D eigenvalue weighted by molar-refractivity contribution is 7.80. The van der Waals surface area contributed by atoms with Gasteiger partial charge in [0.1, 0.15) is 10.8 Å². The van der Waals surface area contributed by atoms with Gasteiger partial charge in [0.2, 0.25) is 0 Å². The van der Waals surface area contributed by atoms with Crippen molar-refractivity contribution in [1.29, 1.82) is 0 Å². The minimum atomic E-state index is 0.412. The van der Waals surface area contributed by atoms with Crippen LogP contribution in [0.15, 0.2) is 18.3 Å². The fourth-order valence-electron chi connectivity index (χ4n) is 2.43. The Bertz CT molecular complexity index is 388. The number of rotatable bonds is 3. The molecule has 17 heavy (non-hydrogen) atoms. The molecule has 1 unspecified atom stereocenters. The Hall–Kier alpha value is -1.16. The Balaban J connectivity index is 2.17. The summed E-state index contributed by atoms with van der Waals surface area (Å²) in [6, 6.07) is 4.63. The van der Waals surface area contributed by atoms with Gasteiger partial charge in [-0.05, 0) is 37.8 Å². The lowest BCUT2D eigenvalue weighted by atomic mass is 10.00. The molecule has 0 saturated carbocycles. The van der Waals surface area contributed by atoms with Gasteiger partial charge >= 0.3 is 0 Å². The maximum absolute atomic E-state index is 5.57. The Labute approximate surface area is 108 Å². The van der Waals surface area contributed by atoms with E-state index in [9.17, 15) is 0 Å². The van der Waals surface area contributed by atoms with E-state index in [4.69, 9.17) is 18.0 Å². The molecule has 1 aromatic heterocycles. The summed E-state index contributed by atoms with van der Waals surface area (Å²) in [5.41, 5.74) is 6.42. The average molecular weight is 249 g/mol. The molecule has 2 rings (SSSR count). The van der Waals surface area contributed by atoms with Gasteiger partial charge in [-0.2, -0.15) is 0 Å². The van der Waals surface area contributed by atoms with Crippen molar-refractivity contribution < 1.29 is 0 Å². The lowest BCUT2D eigenvalue weighted by Gasteiger charge is -2.36. The number of thiocarbonyl (C=S) groups is 1. The number of nitrogens with two attached hydrogens (primary N) is 1. The van der Waals surface area contributed by atoms with Crippen LogP contribution < -0.4 is 10.6 Å². The number of pyridine rings is 1. The third-order valence-electron chi connectivity index (χ3n) is 3.43. The zero-order chi connectivity index (χ0) is 12.3. The second-order valence-electron chi connectivity index (χ2n) is 4.52. The van der Waals surface area contributed by atoms with Crippen LogP contribution in [0.4, 0.5) is 5.82 Å². The molecule has 0 spiro atoms. The molecule has 92 valence electrons. The molecule has 2 heterocycles. The number of aromatic nitrogens is 1. The first-order valence-corrected chi connectivity index (χ1v) is 6.65. The van der Waals surface area contributed by atoms with Crippen molar-refractivity contribution in [2.75, 3.05) is 11.4 Å². The fraction of sp³-hybridized carbons (Fsp3) is 0.538. The molecule has 2 N–H and O–H groups in total. The quantitative estimate of drug-likeness (QED) is 0.836. The largest absolute Gasteiger partial charge is 0.389 e. The molecule has 1 aromatic rings. The van der Waals surface area contributed by atoms with Gasteiger partial charge < -0.3 is 10.6 Å². The van der Waals surface area contributed by atoms with E-state index >= 15 is 0 Å². The molecular weight excluding hydrogens is 230 g/mol. The van der Waals surface area contributed by atoms with Gasteiger partial charge in [-0.3, -0.25) is 0 Å². The van der Waals surface area contributed by atoms with Gasteiger partial charge in [0.15, 0.2) is 0 Å². The van der Waals surface area contributed by atoms with Crippen molar-refractivity contribution in [3.8, 4) is 0 Å². The van der Waals surface area contributed by atoms with E-state index in [0.29, 0.717) is 11.0 Å². The molecule has 1 fully saturated rings. The van der Waals surface area contributed by atoms with Gasteiger partial charge in [0, 0.05) is 24.3 Å². The third-order valence-corrected chi connectivity index (χ3v) is 3.66. The molecule has 1 aliphatic heterocycles. The van der Waals surface area contributed by atoms with Gasteiger partial charge in [0.25, 0.3) is 0 Å². The fourth-order valence-corrected chi connectivity index (χ4v) is 2.55. The first-order valence-electron chi connectivity index (χ1n) is 6.25. The molecule has 3 nitrogen and oxygen atoms in total. The summed E-state index contributed by atoms with van der Waals surface area (Å²) in [6.07, 6.45) is 6.82. The van der Waals surface area contributed by atoms with Crippen LogP contribution in [0.1, 0.15) is 38.2 Å². The predicted molar refractivity (Wildman–Crippen MR) is 75.4 cm³/mol. The molecule has 0 bridgehead atoms. The zero-order valence-corrected chi connectivity index (χ0v) is 11.0. The molecule has 0 aromatic carbocycles. The molecule has 0 aliphatic carbocycles. The van der Waals surface area contributed by atoms with Gasteiger partial charge in [-0.15, -0.1) is 0 Å². The first kappa shape index (κ1) is 12.3. The highest BCUT2D eigenvalue weighted by Gasteiger charge is 2.21. The summed E-state index contributed by atoms with van der Waals surface area (Å²) >= 11 is 4.93. The van der Waals surface area contributed by atoms with Crippen molar-refractivity contribution in [2.24, 2.45) is 5.73 Å². The minimum Gasteiger partial charge on any atom is -0.389 e. The Morgan fingerprint density at radius 3 is 2.94 bits per heavy atom. The molecular formula is C13H19N3S. The third kappa shape index (κ3) is 2.75. The summed E-state index contributed by atoms with van der Waals surface area (Å²) < 4.78 is 0. The summed E-state index contributed by atoms with van der Waals surface area (Å²) in [7, 11) is 0. The standard InChI is InChI=1S/C13H19N3S/c1-2-11-5-3-4-8-16(11)12-7-6-10(9-15-12)13(14)17/h6-7,9,11H,2-5,8H2,1H3,(H2,14,17). The molecule has 0 amide bonds. The summed E-state index contributed by atoms with van der Waals surface area (Å²) in [5, 5.41) is 0. The highest BCUT2D eigenvalue weighted by Crippen LogP contribution is 2.24. The van der Waals surface area contributed by atoms with Crippen molar-refractivity contribution in [2.45, 2.75) is 38.6 Å². The maximum atomic E-state index is 5.57. The number of anilines is 1. The topological polar surface area (TPSA) is 42.1 Å². The van der Waals surface area contributed by atoms with Crippen molar-refractivity contribution >= 4 is 23.0 Å². The zero-order valence-electron chi connectivity index (χ0n) is 10.2. The van der Waals surface area contributed by atoms with Gasteiger partial charge in [-0.1, -0.05) is 19.1 Å². The van der Waals surface area contributed by atoms with Crippen LogP contribution in [0.3, 0.4) is 0 Å². The smallest absolute Gasteiger partial charge is 0.128 e. The summed E-state index contributed by atoms with van der Waals surface area (Å²) in [4.78, 5) is 7.30. The Kier molecular flexibility index (Phi) is 3.94. The summed E-state index contributed by atoms with van der Waals surface area (Å²) in [5.74, 6) is 1.05. The van der Waals surface area contributed by atoms with E-state index in [0.717, 1.165) is 17.9 Å². The minimum absolute atomic E-state index is 0.412. The second kappa shape index (κ2) is 5.45. The predicted octanol–water partition coefficient (Wildman–Crippen LogP) is 2.48. The second-order valence-corrected chi connectivity index (χ2v) is 4.96. The average Bonchev–Trinajstić information content (AvgIpc) is 2.39. The lowest BCUT2D eigenvalue weighted by molar-refractivity contribution is 0.447. The molecule has 1 saturated heterocycles. The molecule has 4 heteroatoms. The lowest BCUT2D eigenvalue weighted by Crippen LogP contribution is -2.39. The Morgan fingerprint density at radius 2 is 2.35 bits per heavy atom. The number of hydrogen-bond acceptors (Lipinski definition) is 3. The first-order chi connectivity index (χ1) is 8.22. The highest BCUT2D eigenvalue weighted by atomic mass is 32.1. The normalized spacial score (nSPS) is 20.3. The van der Waals surface area contributed by atoms with Gasteiger partial charge in [0.05, 0.1) is 0 Å². The van der Waals surface area contributed by atoms with Crippen LogP contribution in [0.2, 0.25) is 0 Å². The SMILES string of the molecule is CCC1CCCCN1c1ccc(C(N)=S)cn1. The van der Waals surface area contributed by atoms with Gasteiger partial charge in [-0.25, -0.2) is 4.98 Å². The van der Waals surface area contributed by atoms with E-state index in [1.54, 1.807) is 6.20 Å². The number of hydrogen-bond donors (Lipinski definition) is 1. The molecule has 1 aliphatic rings. The summed E-state index contributed by atoms with van der Waals surface area (Å²) in [6.45, 7) is 3.35. The van der Waals surface area contributed by atoms with E-state index in [-0.39, 0.29) is 0 Å². The van der Waals surface area contributed by atoms with E-state index in [2.05, 4.69) is 16.8 Å². The van der Waals surface area contributed by atoms with Crippen LogP contribution in [0.5, 0.6) is 0 Å². The van der Waals surface area contributed by atoms with Crippen LogP contribution in [-0.4, -0.2) is 22.6 Å². The van der Waals surface area contributed by atoms with Crippen molar-refractivity contribution in [3.05, 3.63) is 23.9 Å². The maximum Gasteiger partial charge on any atom is 0.128 e. The number of piperidine rings is 1. The molecule has 1 atom stereocenters. The monoisotopic (exact) mass is 249 g/mol. The van der Waals surface area contributed by atoms with E-state index < -0.39 is 0 Å². The van der Waals surface area contributed by atoms with Crippen molar-refractivity contribution in [1.82, 2.24) is 4.98 Å². The number of nitrogens with zero attached hydrogens (tertiary/aromatic N) is 2. The van der Waals surface area contributed by atoms with Crippen LogP contribution >= 0.6 is 12.2 Å². The van der Waals surface area contributed by atoms with Crippen molar-refractivity contribution in [3.63, 3.8) is 0 Å². The molecule has 0 radical (unpaired) electrons. The van der Waals surface area contributed by atoms with Crippen LogP contribution in [0, 0.1) is 0 Å².